The van der Waals surface area contributed by atoms with E-state index in [0.717, 1.165) is 10.2 Å². The van der Waals surface area contributed by atoms with E-state index in [-0.39, 0.29) is 6.04 Å². The van der Waals surface area contributed by atoms with Crippen LogP contribution in [-0.4, -0.2) is 16.7 Å². The lowest BCUT2D eigenvalue weighted by molar-refractivity contribution is 0.0649. The van der Waals surface area contributed by atoms with Crippen LogP contribution in [0.5, 0.6) is 0 Å². The highest BCUT2D eigenvalue weighted by Crippen LogP contribution is 2.27. The molecule has 0 heterocycles. The zero-order chi connectivity index (χ0) is 11.6. The molecule has 0 aromatic heterocycles. The quantitative estimate of drug-likeness (QED) is 0.884. The predicted octanol–water partition coefficient (Wildman–Crippen LogP) is 3.33. The number of halogens is 1. The minimum atomic E-state index is -0.733. The fourth-order valence-electron chi connectivity index (χ4n) is 1.17. The summed E-state index contributed by atoms with van der Waals surface area (Å²) in [4.78, 5) is 0. The summed E-state index contributed by atoms with van der Waals surface area (Å²) in [6.45, 7) is 7.61. The molecule has 0 radical (unpaired) electrons. The molecule has 1 aromatic carbocycles. The van der Waals surface area contributed by atoms with Crippen molar-refractivity contribution in [2.24, 2.45) is 0 Å². The molecule has 0 saturated heterocycles. The number of aryl methyl sites for hydroxylation is 1. The van der Waals surface area contributed by atoms with Crippen molar-refractivity contribution in [1.82, 2.24) is 0 Å². The van der Waals surface area contributed by atoms with E-state index < -0.39 is 5.60 Å². The molecule has 1 atom stereocenters. The molecular weight excluding hydrogens is 254 g/mol. The molecule has 15 heavy (non-hydrogen) atoms. The number of benzene rings is 1. The van der Waals surface area contributed by atoms with E-state index in [1.165, 1.54) is 5.56 Å². The summed E-state index contributed by atoms with van der Waals surface area (Å²) in [5.41, 5.74) is 1.47. The van der Waals surface area contributed by atoms with Gasteiger partial charge in [-0.1, -0.05) is 12.1 Å². The SMILES string of the molecule is Cc1cccc(NC(C)C(C)(C)O)c1Br. The molecule has 0 spiro atoms. The monoisotopic (exact) mass is 271 g/mol. The molecule has 0 aliphatic carbocycles. The summed E-state index contributed by atoms with van der Waals surface area (Å²) in [7, 11) is 0. The van der Waals surface area contributed by atoms with Gasteiger partial charge in [-0.25, -0.2) is 0 Å². The molecule has 0 saturated carbocycles. The zero-order valence-electron chi connectivity index (χ0n) is 9.63. The number of anilines is 1. The van der Waals surface area contributed by atoms with Crippen LogP contribution in [0, 0.1) is 6.92 Å². The Labute approximate surface area is 99.8 Å². The molecule has 1 rings (SSSR count). The molecule has 0 bridgehead atoms. The van der Waals surface area contributed by atoms with E-state index in [4.69, 9.17) is 0 Å². The first-order valence-electron chi connectivity index (χ1n) is 5.06. The van der Waals surface area contributed by atoms with Crippen LogP contribution in [0.4, 0.5) is 5.69 Å². The van der Waals surface area contributed by atoms with E-state index in [0.29, 0.717) is 0 Å². The van der Waals surface area contributed by atoms with Gasteiger partial charge in [-0.2, -0.15) is 0 Å². The van der Waals surface area contributed by atoms with Gasteiger partial charge in [0, 0.05) is 10.2 Å². The van der Waals surface area contributed by atoms with Gasteiger partial charge >= 0.3 is 0 Å². The number of nitrogens with one attached hydrogen (secondary N) is 1. The molecule has 1 aromatic rings. The summed E-state index contributed by atoms with van der Waals surface area (Å²) >= 11 is 3.53. The van der Waals surface area contributed by atoms with Gasteiger partial charge in [0.15, 0.2) is 0 Å². The third-order valence-corrected chi connectivity index (χ3v) is 3.68. The Morgan fingerprint density at radius 3 is 2.53 bits per heavy atom. The van der Waals surface area contributed by atoms with Crippen LogP contribution in [0.1, 0.15) is 26.3 Å². The van der Waals surface area contributed by atoms with Crippen LogP contribution >= 0.6 is 15.9 Å². The molecule has 3 heteroatoms. The summed E-state index contributed by atoms with van der Waals surface area (Å²) in [6.07, 6.45) is 0. The Hall–Kier alpha value is -0.540. The van der Waals surface area contributed by atoms with Crippen LogP contribution in [0.25, 0.3) is 0 Å². The van der Waals surface area contributed by atoms with Gasteiger partial charge in [-0.15, -0.1) is 0 Å². The lowest BCUT2D eigenvalue weighted by Gasteiger charge is -2.28. The lowest BCUT2D eigenvalue weighted by atomic mass is 10.0. The van der Waals surface area contributed by atoms with Crippen LogP contribution < -0.4 is 5.32 Å². The third-order valence-electron chi connectivity index (χ3n) is 2.62. The van der Waals surface area contributed by atoms with E-state index in [1.807, 2.05) is 32.0 Å². The Bertz CT molecular complexity index is 344. The third kappa shape index (κ3) is 3.21. The standard InChI is InChI=1S/C12H18BrNO/c1-8-6-5-7-10(11(8)13)14-9(2)12(3,4)15/h5-7,9,14-15H,1-4H3. The first-order valence-corrected chi connectivity index (χ1v) is 5.85. The molecule has 84 valence electrons. The van der Waals surface area contributed by atoms with Crippen molar-refractivity contribution in [2.75, 3.05) is 5.32 Å². The van der Waals surface area contributed by atoms with Crippen LogP contribution in [0.2, 0.25) is 0 Å². The van der Waals surface area contributed by atoms with E-state index in [1.54, 1.807) is 13.8 Å². The maximum atomic E-state index is 9.83. The van der Waals surface area contributed by atoms with Gasteiger partial charge in [0.1, 0.15) is 0 Å². The Kier molecular flexibility index (Phi) is 3.79. The van der Waals surface area contributed by atoms with Crippen molar-refractivity contribution in [3.05, 3.63) is 28.2 Å². The first kappa shape index (κ1) is 12.5. The maximum Gasteiger partial charge on any atom is 0.0789 e. The Morgan fingerprint density at radius 2 is 2.00 bits per heavy atom. The molecule has 1 unspecified atom stereocenters. The van der Waals surface area contributed by atoms with Crippen molar-refractivity contribution in [3.8, 4) is 0 Å². The maximum absolute atomic E-state index is 9.83. The zero-order valence-corrected chi connectivity index (χ0v) is 11.2. The number of hydrogen-bond acceptors (Lipinski definition) is 2. The highest BCUT2D eigenvalue weighted by molar-refractivity contribution is 9.10. The van der Waals surface area contributed by atoms with E-state index >= 15 is 0 Å². The second kappa shape index (κ2) is 4.54. The Balaban J connectivity index is 2.86. The summed E-state index contributed by atoms with van der Waals surface area (Å²) in [6, 6.07) is 6.04. The second-order valence-electron chi connectivity index (χ2n) is 4.46. The largest absolute Gasteiger partial charge is 0.388 e. The lowest BCUT2D eigenvalue weighted by Crippen LogP contribution is -2.39. The van der Waals surface area contributed by atoms with Crippen molar-refractivity contribution < 1.29 is 5.11 Å². The average Bonchev–Trinajstić information content (AvgIpc) is 2.11. The summed E-state index contributed by atoms with van der Waals surface area (Å²) < 4.78 is 1.06. The van der Waals surface area contributed by atoms with Gasteiger partial charge in [0.25, 0.3) is 0 Å². The van der Waals surface area contributed by atoms with Crippen LogP contribution in [-0.2, 0) is 0 Å². The molecule has 2 N–H and O–H groups in total. The van der Waals surface area contributed by atoms with Gasteiger partial charge in [0.05, 0.1) is 11.6 Å². The summed E-state index contributed by atoms with van der Waals surface area (Å²) in [5.74, 6) is 0. The smallest absolute Gasteiger partial charge is 0.0789 e. The number of aliphatic hydroxyl groups is 1. The molecule has 0 aliphatic heterocycles. The highest BCUT2D eigenvalue weighted by Gasteiger charge is 2.22. The highest BCUT2D eigenvalue weighted by atomic mass is 79.9. The topological polar surface area (TPSA) is 32.3 Å². The molecular formula is C12H18BrNO. The van der Waals surface area contributed by atoms with Gasteiger partial charge < -0.3 is 10.4 Å². The fourth-order valence-corrected chi connectivity index (χ4v) is 1.55. The molecule has 0 fully saturated rings. The van der Waals surface area contributed by atoms with Crippen molar-refractivity contribution in [1.29, 1.82) is 0 Å². The van der Waals surface area contributed by atoms with E-state index in [9.17, 15) is 5.11 Å². The molecule has 0 amide bonds. The predicted molar refractivity (Wildman–Crippen MR) is 68.3 cm³/mol. The normalized spacial score (nSPS) is 13.7. The van der Waals surface area contributed by atoms with Gasteiger partial charge in [0.2, 0.25) is 0 Å². The van der Waals surface area contributed by atoms with Crippen LogP contribution in [0.3, 0.4) is 0 Å². The summed E-state index contributed by atoms with van der Waals surface area (Å²) in [5, 5.41) is 13.1. The van der Waals surface area contributed by atoms with Crippen LogP contribution in [0.15, 0.2) is 22.7 Å². The van der Waals surface area contributed by atoms with Crippen molar-refractivity contribution in [2.45, 2.75) is 39.3 Å². The van der Waals surface area contributed by atoms with Gasteiger partial charge in [-0.3, -0.25) is 0 Å². The molecule has 0 aliphatic rings. The van der Waals surface area contributed by atoms with Crippen molar-refractivity contribution >= 4 is 21.6 Å². The Morgan fingerprint density at radius 1 is 1.40 bits per heavy atom. The average molecular weight is 272 g/mol. The van der Waals surface area contributed by atoms with E-state index in [2.05, 4.69) is 21.2 Å². The minimum Gasteiger partial charge on any atom is -0.388 e. The molecule has 2 nitrogen and oxygen atoms in total. The fraction of sp³-hybridized carbons (Fsp3) is 0.500. The number of rotatable bonds is 3. The minimum absolute atomic E-state index is 0.00407. The van der Waals surface area contributed by atoms with Crippen molar-refractivity contribution in [3.63, 3.8) is 0 Å². The second-order valence-corrected chi connectivity index (χ2v) is 5.25. The van der Waals surface area contributed by atoms with Gasteiger partial charge in [-0.05, 0) is 55.3 Å². The first-order chi connectivity index (χ1) is 6.82. The number of hydrogen-bond donors (Lipinski definition) is 2.